The molecular weight excluding hydrogens is 2290 g/mol. The zero-order valence-electron chi connectivity index (χ0n) is 69.7. The van der Waals surface area contributed by atoms with Crippen molar-refractivity contribution in [3.8, 4) is 45.2 Å². The fraction of sp³-hybridized carbons (Fsp3) is 0.514. The molecule has 834 valence electrons. The van der Waals surface area contributed by atoms with E-state index in [0.29, 0.717) is 0 Å². The average molecular weight is 2330 g/mol. The summed E-state index contributed by atoms with van der Waals surface area (Å²) in [5.74, 6) is -262. The number of hydrogen-bond acceptors (Lipinski definition) is 2. The lowest BCUT2D eigenvalue weighted by molar-refractivity contribution is -0.463. The summed E-state index contributed by atoms with van der Waals surface area (Å²) in [6.07, 6.45) is -34.7. The molecule has 0 spiro atoms. The van der Waals surface area contributed by atoms with Gasteiger partial charge in [0.25, 0.3) is 0 Å². The molecule has 2 aliphatic heterocycles. The van der Waals surface area contributed by atoms with Gasteiger partial charge < -0.3 is 9.97 Å². The monoisotopic (exact) mass is 2330 g/mol. The van der Waals surface area contributed by atoms with Gasteiger partial charge in [-0.05, 0) is 96.1 Å². The number of halogens is 68. The zero-order valence-corrected chi connectivity index (χ0v) is 71.7. The van der Waals surface area contributed by atoms with Crippen LogP contribution in [-0.4, -0.2) is 203 Å². The molecular formula is C74H34F68N4Si2. The third-order valence-corrected chi connectivity index (χ3v) is 22.4. The Balaban J connectivity index is 1.84. The van der Waals surface area contributed by atoms with Crippen LogP contribution in [0.4, 0.5) is 299 Å². The molecule has 3 aromatic heterocycles. The first-order chi connectivity index (χ1) is 64.4. The molecule has 7 rings (SSSR count). The Morgan fingerprint density at radius 3 is 0.520 bits per heavy atom. The highest BCUT2D eigenvalue weighted by atomic mass is 28.3. The van der Waals surface area contributed by atoms with Crippen molar-refractivity contribution in [3.63, 3.8) is 0 Å². The van der Waals surface area contributed by atoms with Gasteiger partial charge >= 0.3 is 191 Å². The van der Waals surface area contributed by atoms with Gasteiger partial charge in [-0.1, -0.05) is 51.1 Å². The molecule has 0 saturated carbocycles. The molecule has 2 N–H and O–H groups in total. The smallest absolute Gasteiger partial charge is 0.354 e. The quantitative estimate of drug-likeness (QED) is 0.0268. The van der Waals surface area contributed by atoms with E-state index in [2.05, 4.69) is 21.1 Å². The van der Waals surface area contributed by atoms with Crippen molar-refractivity contribution < 1.29 is 299 Å². The van der Waals surface area contributed by atoms with E-state index < -0.39 is 344 Å². The third kappa shape index (κ3) is 17.3. The topological polar surface area (TPSA) is 57.4 Å². The normalized spacial score (nSPS) is 16.0. The number of nitrogens with zero attached hydrogens (tertiary/aromatic N) is 2. The summed E-state index contributed by atoms with van der Waals surface area (Å²) in [6.45, 7) is 5.96. The second-order valence-corrected chi connectivity index (χ2v) is 42.7. The fourth-order valence-corrected chi connectivity index (χ4v) is 13.2. The molecule has 2 aliphatic rings. The largest absolute Gasteiger partial charge is 0.460 e. The van der Waals surface area contributed by atoms with Crippen LogP contribution in [0.15, 0.2) is 60.7 Å². The van der Waals surface area contributed by atoms with Gasteiger partial charge in [0, 0.05) is 44.4 Å². The molecule has 74 heteroatoms. The number of aromatic nitrogens is 4. The predicted molar refractivity (Wildman–Crippen MR) is 369 cm³/mol. The Kier molecular flexibility index (Phi) is 29.2. The van der Waals surface area contributed by atoms with E-state index in [1.165, 1.54) is 0 Å². The van der Waals surface area contributed by atoms with Crippen molar-refractivity contribution in [1.29, 1.82) is 0 Å². The highest BCUT2D eigenvalue weighted by molar-refractivity contribution is 6.84. The Labute approximate surface area is 771 Å². The molecule has 0 fully saturated rings. The lowest BCUT2D eigenvalue weighted by atomic mass is 9.83. The van der Waals surface area contributed by atoms with Crippen molar-refractivity contribution in [2.45, 2.75) is 230 Å². The molecule has 5 aromatic rings. The van der Waals surface area contributed by atoms with Gasteiger partial charge in [0.1, 0.15) is 16.1 Å². The van der Waals surface area contributed by atoms with Crippen LogP contribution in [-0.2, 0) is 23.7 Å². The van der Waals surface area contributed by atoms with E-state index in [4.69, 9.17) is 0 Å². The maximum Gasteiger partial charge on any atom is 0.460 e. The van der Waals surface area contributed by atoms with Crippen molar-refractivity contribution in [2.24, 2.45) is 0 Å². The highest BCUT2D eigenvalue weighted by Crippen LogP contribution is 2.73. The van der Waals surface area contributed by atoms with Crippen LogP contribution < -0.4 is 0 Å². The van der Waals surface area contributed by atoms with Crippen molar-refractivity contribution in [3.05, 3.63) is 117 Å². The molecule has 0 unspecified atom stereocenters. The predicted octanol–water partition coefficient (Wildman–Crippen LogP) is 32.3. The summed E-state index contributed by atoms with van der Waals surface area (Å²) >= 11 is 0. The van der Waals surface area contributed by atoms with Gasteiger partial charge in [0.2, 0.25) is 0 Å². The lowest BCUT2D eigenvalue weighted by Crippen LogP contribution is -2.74. The van der Waals surface area contributed by atoms with Gasteiger partial charge in [0.15, 0.2) is 0 Å². The standard InChI is InChI=1S/C74H34F68N4Si2/c1-147(2,3)17-15-31-33-7-11-37(143-33)41(25-19-27(43(75,76)47(83,84)51(91,92)55(99,100)59(107,108)63(115,116)67(123,124)71(131,132)133)23-28(20-25)44(77,78)48(85,86)52(93,94)56(101,102)60(109,110)64(117,118)68(125,126)72(134,135)136)39-13-9-35(145-39)32(16-18-148(4,5)6)36-10-14-40(146-36)42(38-12-8-34(31)144-38)26-21-29(45(79,80)49(87,88)53(95,96)57(103,104)61(111,112)65(119,120)69(127,128)73(137,138)139)24-30(22-26)46(81,82)50(89,90)54(97,98)58(105,106)62(113,114)66(121,122)70(129,130)74(140,141)142/h7-14,19-24,143-144H,1-6H3. The lowest BCUT2D eigenvalue weighted by Gasteiger charge is -2.43. The van der Waals surface area contributed by atoms with Crippen molar-refractivity contribution >= 4 is 62.5 Å². The number of alkyl halides is 68. The molecule has 8 bridgehead atoms. The molecule has 148 heavy (non-hydrogen) atoms. The number of fused-ring (bicyclic) bond motifs is 8. The molecule has 0 radical (unpaired) electrons. The molecule has 0 saturated heterocycles. The molecule has 0 aliphatic carbocycles. The minimum absolute atomic E-state index is 0.0208. The van der Waals surface area contributed by atoms with Crippen LogP contribution in [0.1, 0.15) is 56.2 Å². The number of nitrogens with one attached hydrogen (secondary N) is 2. The van der Waals surface area contributed by atoms with E-state index in [0.717, 1.165) is 39.3 Å². The van der Waals surface area contributed by atoms with Crippen LogP contribution in [0.5, 0.6) is 0 Å². The van der Waals surface area contributed by atoms with Crippen LogP contribution in [0.2, 0.25) is 39.3 Å². The van der Waals surface area contributed by atoms with Gasteiger partial charge in [-0.2, -0.15) is 299 Å². The van der Waals surface area contributed by atoms with E-state index >= 15 is 140 Å². The first-order valence-electron chi connectivity index (χ1n) is 36.9. The summed E-state index contributed by atoms with van der Waals surface area (Å²) in [5.41, 5.74) is -41.6. The van der Waals surface area contributed by atoms with Gasteiger partial charge in [-0.3, -0.25) is 0 Å². The number of H-pyrrole nitrogens is 2. The van der Waals surface area contributed by atoms with Crippen LogP contribution in [0.25, 0.3) is 68.6 Å². The van der Waals surface area contributed by atoms with E-state index in [9.17, 15) is 158 Å². The summed E-state index contributed by atoms with van der Waals surface area (Å²) in [5, 5.41) is 0. The number of rotatable bonds is 30. The van der Waals surface area contributed by atoms with E-state index in [1.807, 2.05) is 11.8 Å². The summed E-state index contributed by atoms with van der Waals surface area (Å²) in [7, 11) is -7.32. The second kappa shape index (κ2) is 34.7. The molecule has 4 nitrogen and oxygen atoms in total. The molecule has 0 amide bonds. The second-order valence-electron chi connectivity index (χ2n) is 33.2. The number of aromatic amines is 2. The van der Waals surface area contributed by atoms with E-state index in [1.54, 1.807) is 9.97 Å². The Bertz CT molecular complexity index is 5740. The van der Waals surface area contributed by atoms with Crippen molar-refractivity contribution in [2.75, 3.05) is 0 Å². The molecule has 5 heterocycles. The van der Waals surface area contributed by atoms with Gasteiger partial charge in [0.05, 0.1) is 44.9 Å². The third-order valence-electron chi connectivity index (χ3n) is 20.7. The minimum atomic E-state index is -9.90. The Morgan fingerprint density at radius 2 is 0.345 bits per heavy atom. The zero-order chi connectivity index (χ0) is 117. The molecule has 2 aromatic carbocycles. The highest BCUT2D eigenvalue weighted by Gasteiger charge is 3.01. The first kappa shape index (κ1) is 125. The number of benzene rings is 2. The Hall–Kier alpha value is -10.2. The maximum absolute atomic E-state index is 17.0. The summed E-state index contributed by atoms with van der Waals surface area (Å²) in [4.78, 5) is 10.6. The van der Waals surface area contributed by atoms with Gasteiger partial charge in [-0.25, -0.2) is 9.97 Å². The summed E-state index contributed by atoms with van der Waals surface area (Å²) in [6, 6.07) is -12.1. The van der Waals surface area contributed by atoms with Crippen LogP contribution >= 0.6 is 0 Å². The van der Waals surface area contributed by atoms with Crippen LogP contribution in [0, 0.1) is 22.9 Å². The number of hydrogen-bond donors (Lipinski definition) is 2. The first-order valence-corrected chi connectivity index (χ1v) is 43.9. The SMILES string of the molecule is C[Si](C)(C)C#Cc1c2nc(c(-c3cc(C(F)(F)C(F)(F)C(F)(F)C(F)(F)C(F)(F)C(F)(F)C(F)(F)C(F)(F)F)cc(C(F)(F)C(F)(F)C(F)(F)C(F)(F)C(F)(F)C(F)(F)C(F)(F)C(F)(F)F)c3)c3ccc([nH]3)c(C#C[Si](C)(C)C)c3ccc([nH]3)c(-c3cc(C(F)(F)C(F)(F)C(F)(F)C(F)(F)C(F)(F)C(F)(F)C(F)(F)C(F)(F)F)cc(C(F)(F)C(F)(F)C(F)(F)C(F)(F)C(F)(F)C(F)(F)C(F)(F)C(F)(F)F)c3)c3nc1C=C3)C=C2. The van der Waals surface area contributed by atoms with Crippen LogP contribution in [0.3, 0.4) is 0 Å². The minimum Gasteiger partial charge on any atom is -0.354 e. The fourth-order valence-electron chi connectivity index (χ4n) is 12.2. The molecule has 0 atom stereocenters. The Morgan fingerprint density at radius 1 is 0.189 bits per heavy atom. The average Bonchev–Trinajstić information content (AvgIpc) is 0.791. The summed E-state index contributed by atoms with van der Waals surface area (Å²) < 4.78 is 1020. The maximum atomic E-state index is 17.0. The van der Waals surface area contributed by atoms with Gasteiger partial charge in [-0.15, -0.1) is 11.1 Å². The van der Waals surface area contributed by atoms with Crippen molar-refractivity contribution in [1.82, 2.24) is 19.9 Å². The van der Waals surface area contributed by atoms with E-state index in [-0.39, 0.29) is 48.6 Å².